The second-order valence-electron chi connectivity index (χ2n) is 7.26. The number of nitrogens with zero attached hydrogens (tertiary/aromatic N) is 3. The first-order valence-corrected chi connectivity index (χ1v) is 10.6. The molecule has 1 aliphatic heterocycles. The predicted octanol–water partition coefficient (Wildman–Crippen LogP) is 2.90. The highest BCUT2D eigenvalue weighted by atomic mass is 32.1. The largest absolute Gasteiger partial charge is 0.378 e. The van der Waals surface area contributed by atoms with E-state index in [2.05, 4.69) is 29.8 Å². The molecule has 28 heavy (non-hydrogen) atoms. The van der Waals surface area contributed by atoms with Crippen molar-refractivity contribution in [3.05, 3.63) is 57.7 Å². The van der Waals surface area contributed by atoms with Gasteiger partial charge in [0.15, 0.2) is 5.69 Å². The van der Waals surface area contributed by atoms with Crippen molar-refractivity contribution in [2.75, 3.05) is 26.3 Å². The van der Waals surface area contributed by atoms with E-state index < -0.39 is 0 Å². The summed E-state index contributed by atoms with van der Waals surface area (Å²) in [5.41, 5.74) is 3.39. The van der Waals surface area contributed by atoms with Crippen LogP contribution in [0.15, 0.2) is 35.8 Å². The molecular weight excluding hydrogens is 372 g/mol. The maximum atomic E-state index is 13.2. The summed E-state index contributed by atoms with van der Waals surface area (Å²) in [6, 6.07) is 8.58. The summed E-state index contributed by atoms with van der Waals surface area (Å²) in [6.07, 6.45) is 2.96. The number of carbonyl (C=O) groups excluding carboxylic acids is 1. The summed E-state index contributed by atoms with van der Waals surface area (Å²) in [5.74, 6) is -0.00545. The van der Waals surface area contributed by atoms with Crippen molar-refractivity contribution in [1.29, 1.82) is 0 Å². The van der Waals surface area contributed by atoms with Gasteiger partial charge in [-0.05, 0) is 43.3 Å². The van der Waals surface area contributed by atoms with Crippen LogP contribution in [0, 0.1) is 6.92 Å². The molecule has 1 atom stereocenters. The lowest BCUT2D eigenvalue weighted by Crippen LogP contribution is -2.41. The molecule has 0 aromatic carbocycles. The number of carbonyl (C=O) groups is 1. The van der Waals surface area contributed by atoms with Gasteiger partial charge in [-0.25, -0.2) is 4.98 Å². The maximum Gasteiger partial charge on any atom is 0.274 e. The number of hydrogen-bond acceptors (Lipinski definition) is 5. The summed E-state index contributed by atoms with van der Waals surface area (Å²) in [4.78, 5) is 21.1. The van der Waals surface area contributed by atoms with Crippen LogP contribution in [0.25, 0.3) is 5.65 Å². The molecule has 148 valence electrons. The van der Waals surface area contributed by atoms with E-state index >= 15 is 0 Å². The molecule has 1 amide bonds. The van der Waals surface area contributed by atoms with Gasteiger partial charge in [-0.15, -0.1) is 11.3 Å². The van der Waals surface area contributed by atoms with Gasteiger partial charge in [-0.1, -0.05) is 12.1 Å². The van der Waals surface area contributed by atoms with E-state index in [4.69, 9.17) is 9.72 Å². The van der Waals surface area contributed by atoms with Crippen LogP contribution >= 0.6 is 11.3 Å². The van der Waals surface area contributed by atoms with Crippen LogP contribution < -0.4 is 5.32 Å². The third-order valence-electron chi connectivity index (χ3n) is 5.15. The van der Waals surface area contributed by atoms with E-state index in [1.165, 1.54) is 4.88 Å². The van der Waals surface area contributed by atoms with E-state index in [0.717, 1.165) is 23.3 Å². The molecule has 0 bridgehead atoms. The lowest BCUT2D eigenvalue weighted by molar-refractivity contribution is 0.0298. The zero-order valence-electron chi connectivity index (χ0n) is 16.4. The number of fused-ring (bicyclic) bond motifs is 1. The molecule has 1 aliphatic rings. The Morgan fingerprint density at radius 3 is 2.89 bits per heavy atom. The van der Waals surface area contributed by atoms with Crippen molar-refractivity contribution in [2.24, 2.45) is 0 Å². The van der Waals surface area contributed by atoms with E-state index in [1.807, 2.05) is 34.6 Å². The van der Waals surface area contributed by atoms with E-state index in [1.54, 1.807) is 11.3 Å². The fourth-order valence-corrected chi connectivity index (χ4v) is 4.42. The van der Waals surface area contributed by atoms with Crippen molar-refractivity contribution in [3.63, 3.8) is 0 Å². The Kier molecular flexibility index (Phi) is 5.75. The molecule has 0 unspecified atom stereocenters. The molecule has 1 fully saturated rings. The molecule has 0 aliphatic carbocycles. The van der Waals surface area contributed by atoms with E-state index in [-0.39, 0.29) is 5.91 Å². The molecular formula is C21H26N4O2S. The van der Waals surface area contributed by atoms with Crippen LogP contribution in [0.5, 0.6) is 0 Å². The molecule has 1 N–H and O–H groups in total. The second-order valence-corrected chi connectivity index (χ2v) is 8.29. The summed E-state index contributed by atoms with van der Waals surface area (Å²) in [6.45, 7) is 7.22. The summed E-state index contributed by atoms with van der Waals surface area (Å²) < 4.78 is 7.44. The number of ether oxygens (including phenoxy) is 1. The topological polar surface area (TPSA) is 58.9 Å². The number of nitrogens with one attached hydrogen (secondary N) is 1. The monoisotopic (exact) mass is 398 g/mol. The summed E-state index contributed by atoms with van der Waals surface area (Å²) >= 11 is 1.78. The number of morpholine rings is 1. The van der Waals surface area contributed by atoms with Crippen LogP contribution in [0.1, 0.15) is 33.5 Å². The second kappa shape index (κ2) is 8.43. The number of aromatic nitrogens is 2. The van der Waals surface area contributed by atoms with Crippen LogP contribution in [-0.2, 0) is 17.7 Å². The van der Waals surface area contributed by atoms with Crippen LogP contribution in [-0.4, -0.2) is 52.5 Å². The fraction of sp³-hybridized carbons (Fsp3) is 0.429. The van der Waals surface area contributed by atoms with Crippen molar-refractivity contribution >= 4 is 22.9 Å². The minimum atomic E-state index is -0.00545. The van der Waals surface area contributed by atoms with E-state index in [0.29, 0.717) is 44.6 Å². The normalized spacial score (nSPS) is 15.9. The molecule has 4 heterocycles. The number of rotatable bonds is 6. The molecule has 3 aromatic heterocycles. The van der Waals surface area contributed by atoms with Crippen molar-refractivity contribution in [2.45, 2.75) is 32.9 Å². The number of aryl methyl sites for hydroxylation is 1. The molecule has 0 saturated carbocycles. The molecule has 0 spiro atoms. The van der Waals surface area contributed by atoms with Gasteiger partial charge in [0.1, 0.15) is 5.65 Å². The average molecular weight is 399 g/mol. The molecule has 3 aromatic rings. The fourth-order valence-electron chi connectivity index (χ4n) is 3.58. The van der Waals surface area contributed by atoms with Crippen molar-refractivity contribution < 1.29 is 9.53 Å². The highest BCUT2D eigenvalue weighted by Crippen LogP contribution is 2.19. The molecule has 4 rings (SSSR count). The smallest absolute Gasteiger partial charge is 0.274 e. The molecule has 0 radical (unpaired) electrons. The first-order chi connectivity index (χ1) is 13.6. The Labute approximate surface area is 169 Å². The van der Waals surface area contributed by atoms with Gasteiger partial charge in [0.05, 0.1) is 18.9 Å². The quantitative estimate of drug-likeness (QED) is 0.694. The average Bonchev–Trinajstić information content (AvgIpc) is 3.35. The maximum absolute atomic E-state index is 13.2. The number of pyridine rings is 1. The first-order valence-electron chi connectivity index (χ1n) is 9.73. The Balaban J connectivity index is 1.59. The van der Waals surface area contributed by atoms with Gasteiger partial charge in [-0.3, -0.25) is 4.79 Å². The van der Waals surface area contributed by atoms with Crippen LogP contribution in [0.2, 0.25) is 0 Å². The lowest BCUT2D eigenvalue weighted by atomic mass is 10.2. The lowest BCUT2D eigenvalue weighted by Gasteiger charge is -2.26. The molecule has 7 heteroatoms. The first kappa shape index (κ1) is 19.1. The SMILES string of the molecule is Cc1cccn2c(CN[C@H](C)Cc3cccs3)c(C(=O)N3CCOCC3)nc12. The van der Waals surface area contributed by atoms with Gasteiger partial charge in [0.2, 0.25) is 0 Å². The van der Waals surface area contributed by atoms with Crippen LogP contribution in [0.4, 0.5) is 0 Å². The zero-order chi connectivity index (χ0) is 19.5. The van der Waals surface area contributed by atoms with Gasteiger partial charge in [-0.2, -0.15) is 0 Å². The Morgan fingerprint density at radius 1 is 1.32 bits per heavy atom. The number of amides is 1. The number of hydrogen-bond donors (Lipinski definition) is 1. The van der Waals surface area contributed by atoms with E-state index in [9.17, 15) is 4.79 Å². The minimum absolute atomic E-state index is 0.00545. The number of thiophene rings is 1. The standard InChI is InChI=1S/C21H26N4O2S/c1-15-5-3-7-25-18(14-22-16(2)13-17-6-4-12-28-17)19(23-20(15)25)21(26)24-8-10-27-11-9-24/h3-7,12,16,22H,8-11,13-14H2,1-2H3/t16-/m1/s1. The third kappa shape index (κ3) is 3.97. The zero-order valence-corrected chi connectivity index (χ0v) is 17.2. The third-order valence-corrected chi connectivity index (χ3v) is 6.05. The Bertz CT molecular complexity index is 945. The van der Waals surface area contributed by atoms with Gasteiger partial charge < -0.3 is 19.4 Å². The number of imidazole rings is 1. The Morgan fingerprint density at radius 2 is 2.14 bits per heavy atom. The van der Waals surface area contributed by atoms with Gasteiger partial charge >= 0.3 is 0 Å². The predicted molar refractivity (Wildman–Crippen MR) is 111 cm³/mol. The molecule has 1 saturated heterocycles. The Hall–Kier alpha value is -2.22. The summed E-state index contributed by atoms with van der Waals surface area (Å²) in [7, 11) is 0. The van der Waals surface area contributed by atoms with Gasteiger partial charge in [0.25, 0.3) is 5.91 Å². The van der Waals surface area contributed by atoms with Gasteiger partial charge in [0, 0.05) is 36.8 Å². The van der Waals surface area contributed by atoms with Crippen LogP contribution in [0.3, 0.4) is 0 Å². The van der Waals surface area contributed by atoms with Crippen molar-refractivity contribution in [3.8, 4) is 0 Å². The molecule has 6 nitrogen and oxygen atoms in total. The highest BCUT2D eigenvalue weighted by molar-refractivity contribution is 7.09. The van der Waals surface area contributed by atoms with Crippen molar-refractivity contribution in [1.82, 2.24) is 19.6 Å². The summed E-state index contributed by atoms with van der Waals surface area (Å²) in [5, 5.41) is 5.69. The minimum Gasteiger partial charge on any atom is -0.378 e. The highest BCUT2D eigenvalue weighted by Gasteiger charge is 2.26.